The zero-order valence-corrected chi connectivity index (χ0v) is 12.8. The molecule has 0 spiro atoms. The van der Waals surface area contributed by atoms with Crippen LogP contribution < -0.4 is 10.0 Å². The highest BCUT2D eigenvalue weighted by Gasteiger charge is 2.27. The summed E-state index contributed by atoms with van der Waals surface area (Å²) >= 11 is 11.5. The van der Waals surface area contributed by atoms with Crippen molar-refractivity contribution in [2.24, 2.45) is 0 Å². The number of benzene rings is 1. The zero-order chi connectivity index (χ0) is 13.3. The van der Waals surface area contributed by atoms with E-state index < -0.39 is 15.8 Å². The molecule has 1 aliphatic heterocycles. The minimum atomic E-state index is -3.84. The summed E-state index contributed by atoms with van der Waals surface area (Å²) in [6, 6.07) is 1.65. The lowest BCUT2D eigenvalue weighted by Crippen LogP contribution is -2.36. The largest absolute Gasteiger partial charge is 0.315 e. The number of rotatable bonds is 3. The number of sulfonamides is 1. The molecule has 0 amide bonds. The molecule has 1 heterocycles. The lowest BCUT2D eigenvalue weighted by molar-refractivity contribution is 0.559. The Morgan fingerprint density at radius 3 is 2.37 bits per heavy atom. The highest BCUT2D eigenvalue weighted by Crippen LogP contribution is 2.30. The van der Waals surface area contributed by atoms with Gasteiger partial charge in [-0.15, -0.1) is 12.4 Å². The maximum absolute atomic E-state index is 13.0. The number of hydrogen-bond acceptors (Lipinski definition) is 3. The van der Waals surface area contributed by atoms with E-state index in [1.165, 1.54) is 0 Å². The van der Waals surface area contributed by atoms with E-state index in [4.69, 9.17) is 23.2 Å². The lowest BCUT2D eigenvalue weighted by atomic mass is 10.3. The Labute approximate surface area is 127 Å². The van der Waals surface area contributed by atoms with Gasteiger partial charge < -0.3 is 5.32 Å². The topological polar surface area (TPSA) is 58.2 Å². The van der Waals surface area contributed by atoms with Crippen LogP contribution in [-0.4, -0.2) is 27.5 Å². The van der Waals surface area contributed by atoms with Crippen LogP contribution in [0, 0.1) is 5.82 Å². The van der Waals surface area contributed by atoms with Crippen molar-refractivity contribution in [2.75, 3.05) is 13.1 Å². The average Bonchev–Trinajstić information content (AvgIpc) is 2.66. The summed E-state index contributed by atoms with van der Waals surface area (Å²) in [5.74, 6) is -0.675. The first-order chi connectivity index (χ1) is 8.40. The van der Waals surface area contributed by atoms with E-state index in [2.05, 4.69) is 10.0 Å². The van der Waals surface area contributed by atoms with Crippen molar-refractivity contribution in [1.82, 2.24) is 10.0 Å². The predicted octanol–water partition coefficient (Wildman–Crippen LogP) is 2.19. The Hall–Kier alpha value is -0.110. The van der Waals surface area contributed by atoms with Gasteiger partial charge in [0.2, 0.25) is 10.0 Å². The van der Waals surface area contributed by atoms with Crippen LogP contribution in [0.3, 0.4) is 0 Å². The quantitative estimate of drug-likeness (QED) is 0.879. The van der Waals surface area contributed by atoms with Crippen molar-refractivity contribution in [1.29, 1.82) is 0 Å². The Morgan fingerprint density at radius 2 is 1.89 bits per heavy atom. The van der Waals surface area contributed by atoms with Gasteiger partial charge in [-0.25, -0.2) is 17.5 Å². The van der Waals surface area contributed by atoms with Gasteiger partial charge in [-0.2, -0.15) is 0 Å². The van der Waals surface area contributed by atoms with Crippen LogP contribution in [0.5, 0.6) is 0 Å². The molecule has 9 heteroatoms. The molecule has 2 rings (SSSR count). The number of hydrogen-bond donors (Lipinski definition) is 2. The summed E-state index contributed by atoms with van der Waals surface area (Å²) < 4.78 is 39.7. The minimum absolute atomic E-state index is 0. The minimum Gasteiger partial charge on any atom is -0.315 e. The van der Waals surface area contributed by atoms with Crippen molar-refractivity contribution in [3.63, 3.8) is 0 Å². The second kappa shape index (κ2) is 6.56. The van der Waals surface area contributed by atoms with Crippen LogP contribution >= 0.6 is 35.6 Å². The van der Waals surface area contributed by atoms with Crippen LogP contribution in [0.15, 0.2) is 17.0 Å². The van der Waals surface area contributed by atoms with Gasteiger partial charge in [-0.1, -0.05) is 23.2 Å². The molecule has 19 heavy (non-hydrogen) atoms. The second-order valence-corrected chi connectivity index (χ2v) is 6.47. The number of halogens is 4. The third-order valence-corrected chi connectivity index (χ3v) is 5.06. The molecule has 2 N–H and O–H groups in total. The molecule has 1 fully saturated rings. The molecular formula is C10H12Cl3FN2O2S. The van der Waals surface area contributed by atoms with Crippen LogP contribution in [0.25, 0.3) is 0 Å². The molecular weight excluding hydrogens is 338 g/mol. The van der Waals surface area contributed by atoms with Gasteiger partial charge in [0.05, 0.1) is 10.0 Å². The van der Waals surface area contributed by atoms with Gasteiger partial charge in [0.25, 0.3) is 0 Å². The van der Waals surface area contributed by atoms with E-state index in [-0.39, 0.29) is 33.4 Å². The molecule has 1 aliphatic rings. The van der Waals surface area contributed by atoms with Crippen molar-refractivity contribution in [3.05, 3.63) is 28.0 Å². The molecule has 1 saturated heterocycles. The predicted molar refractivity (Wildman–Crippen MR) is 75.3 cm³/mol. The highest BCUT2D eigenvalue weighted by molar-refractivity contribution is 7.89. The fraction of sp³-hybridized carbons (Fsp3) is 0.400. The van der Waals surface area contributed by atoms with Crippen molar-refractivity contribution in [3.8, 4) is 0 Å². The third kappa shape index (κ3) is 3.93. The first kappa shape index (κ1) is 16.9. The molecule has 108 valence electrons. The molecule has 0 radical (unpaired) electrons. The highest BCUT2D eigenvalue weighted by atomic mass is 35.5. The van der Waals surface area contributed by atoms with E-state index in [1.54, 1.807) is 0 Å². The van der Waals surface area contributed by atoms with Crippen LogP contribution in [-0.2, 0) is 10.0 Å². The van der Waals surface area contributed by atoms with E-state index in [0.717, 1.165) is 18.7 Å². The summed E-state index contributed by atoms with van der Waals surface area (Å²) in [6.07, 6.45) is 0.690. The van der Waals surface area contributed by atoms with Crippen LogP contribution in [0.1, 0.15) is 6.42 Å². The summed E-state index contributed by atoms with van der Waals surface area (Å²) in [7, 11) is -3.84. The zero-order valence-electron chi connectivity index (χ0n) is 9.62. The molecule has 0 aromatic heterocycles. The maximum Gasteiger partial charge on any atom is 0.243 e. The molecule has 1 atom stereocenters. The monoisotopic (exact) mass is 348 g/mol. The first-order valence-corrected chi connectivity index (χ1v) is 7.51. The number of nitrogens with one attached hydrogen (secondary N) is 2. The molecule has 0 aliphatic carbocycles. The van der Waals surface area contributed by atoms with E-state index in [9.17, 15) is 12.8 Å². The fourth-order valence-corrected chi connectivity index (χ4v) is 4.28. The maximum atomic E-state index is 13.0. The van der Waals surface area contributed by atoms with Gasteiger partial charge in [0.1, 0.15) is 10.7 Å². The Bertz CT molecular complexity index is 539. The molecule has 0 saturated carbocycles. The van der Waals surface area contributed by atoms with Crippen molar-refractivity contribution in [2.45, 2.75) is 17.4 Å². The van der Waals surface area contributed by atoms with E-state index in [0.29, 0.717) is 13.0 Å². The summed E-state index contributed by atoms with van der Waals surface area (Å²) in [5.41, 5.74) is 0. The SMILES string of the molecule is Cl.O=S(=O)(NC1CCNC1)c1c(Cl)cc(F)cc1Cl. The van der Waals surface area contributed by atoms with Gasteiger partial charge in [-0.05, 0) is 25.1 Å². The van der Waals surface area contributed by atoms with Gasteiger partial charge in [0.15, 0.2) is 0 Å². The molecule has 1 aromatic rings. The van der Waals surface area contributed by atoms with E-state index in [1.807, 2.05) is 0 Å². The molecule has 1 unspecified atom stereocenters. The Morgan fingerprint density at radius 1 is 1.32 bits per heavy atom. The first-order valence-electron chi connectivity index (χ1n) is 5.28. The third-order valence-electron chi connectivity index (χ3n) is 2.61. The fourth-order valence-electron chi connectivity index (χ4n) is 1.82. The Balaban J connectivity index is 0.00000180. The summed E-state index contributed by atoms with van der Waals surface area (Å²) in [5, 5.41) is 2.58. The summed E-state index contributed by atoms with van der Waals surface area (Å²) in [6.45, 7) is 1.30. The molecule has 1 aromatic carbocycles. The second-order valence-electron chi connectivity index (χ2n) is 4.01. The smallest absolute Gasteiger partial charge is 0.243 e. The normalized spacial score (nSPS) is 19.2. The van der Waals surface area contributed by atoms with Crippen LogP contribution in [0.4, 0.5) is 4.39 Å². The molecule has 4 nitrogen and oxygen atoms in total. The van der Waals surface area contributed by atoms with Gasteiger partial charge in [-0.3, -0.25) is 0 Å². The van der Waals surface area contributed by atoms with Crippen LogP contribution in [0.2, 0.25) is 10.0 Å². The van der Waals surface area contributed by atoms with Crippen molar-refractivity contribution >= 4 is 45.6 Å². The lowest BCUT2D eigenvalue weighted by Gasteiger charge is -2.14. The van der Waals surface area contributed by atoms with E-state index >= 15 is 0 Å². The van der Waals surface area contributed by atoms with Crippen molar-refractivity contribution < 1.29 is 12.8 Å². The van der Waals surface area contributed by atoms with Gasteiger partial charge >= 0.3 is 0 Å². The Kier molecular flexibility index (Phi) is 5.85. The summed E-state index contributed by atoms with van der Waals surface area (Å²) in [4.78, 5) is -0.279. The molecule has 0 bridgehead atoms. The average molecular weight is 350 g/mol. The van der Waals surface area contributed by atoms with Gasteiger partial charge in [0, 0.05) is 12.6 Å². The standard InChI is InChI=1S/C10H11Cl2FN2O2S.ClH/c11-8-3-6(13)4-9(12)10(8)18(16,17)15-7-1-2-14-5-7;/h3-4,7,14-15H,1-2,5H2;1H.